The quantitative estimate of drug-likeness (QED) is 0.771. The summed E-state index contributed by atoms with van der Waals surface area (Å²) in [6, 6.07) is 0. The molecular formula is C10H15N3O3S. The van der Waals surface area contributed by atoms with E-state index in [1.165, 1.54) is 16.7 Å². The number of nitrogens with zero attached hydrogens (tertiary/aromatic N) is 2. The van der Waals surface area contributed by atoms with Crippen LogP contribution in [0.25, 0.3) is 0 Å². The molecule has 0 atom stereocenters. The number of aromatic carboxylic acids is 1. The molecule has 1 rings (SSSR count). The summed E-state index contributed by atoms with van der Waals surface area (Å²) in [5.41, 5.74) is 0.0209. The summed E-state index contributed by atoms with van der Waals surface area (Å²) in [6.07, 6.45) is 0.421. The number of nitrogens with one attached hydrogen (secondary N) is 1. The number of carbonyl (C=O) groups excluding carboxylic acids is 1. The zero-order valence-corrected chi connectivity index (χ0v) is 10.6. The molecule has 0 fully saturated rings. The molecule has 0 bridgehead atoms. The minimum Gasteiger partial charge on any atom is -0.476 e. The second kappa shape index (κ2) is 6.31. The molecule has 1 amide bonds. The fraction of sp³-hybridized carbons (Fsp3) is 0.500. The monoisotopic (exact) mass is 257 g/mol. The molecule has 7 heteroatoms. The Morgan fingerprint density at radius 2 is 2.24 bits per heavy atom. The van der Waals surface area contributed by atoms with Crippen molar-refractivity contribution in [3.63, 3.8) is 0 Å². The lowest BCUT2D eigenvalue weighted by Crippen LogP contribution is -2.26. The predicted molar refractivity (Wildman–Crippen MR) is 64.1 cm³/mol. The number of aromatic nitrogens is 1. The Balaban J connectivity index is 2.34. The standard InChI is InChI=1S/C10H15N3O3S/c1-13(2)4-3-8(14)11-5-9-12-7(6-17-9)10(15)16/h6H,3-5H2,1-2H3,(H,11,14)(H,15,16). The van der Waals surface area contributed by atoms with Crippen LogP contribution in [0.5, 0.6) is 0 Å². The van der Waals surface area contributed by atoms with Gasteiger partial charge in [0.15, 0.2) is 5.69 Å². The van der Waals surface area contributed by atoms with Gasteiger partial charge in [0.1, 0.15) is 5.01 Å². The molecule has 0 spiro atoms. The number of carboxylic acids is 1. The highest BCUT2D eigenvalue weighted by atomic mass is 32.1. The van der Waals surface area contributed by atoms with E-state index < -0.39 is 5.97 Å². The number of carboxylic acid groups (broad SMARTS) is 1. The van der Waals surface area contributed by atoms with Crippen LogP contribution in [0.15, 0.2) is 5.38 Å². The zero-order chi connectivity index (χ0) is 12.8. The summed E-state index contributed by atoms with van der Waals surface area (Å²) in [6.45, 7) is 0.967. The molecule has 0 aliphatic rings. The van der Waals surface area contributed by atoms with Crippen molar-refractivity contribution >= 4 is 23.2 Å². The molecule has 0 radical (unpaired) electrons. The van der Waals surface area contributed by atoms with Crippen LogP contribution in [-0.4, -0.2) is 47.5 Å². The average molecular weight is 257 g/mol. The van der Waals surface area contributed by atoms with Crippen molar-refractivity contribution in [3.05, 3.63) is 16.1 Å². The van der Waals surface area contributed by atoms with Crippen molar-refractivity contribution in [2.75, 3.05) is 20.6 Å². The maximum absolute atomic E-state index is 11.4. The van der Waals surface area contributed by atoms with Crippen molar-refractivity contribution in [2.24, 2.45) is 0 Å². The van der Waals surface area contributed by atoms with Crippen LogP contribution in [-0.2, 0) is 11.3 Å². The zero-order valence-electron chi connectivity index (χ0n) is 9.77. The molecule has 6 nitrogen and oxygen atoms in total. The minimum absolute atomic E-state index is 0.0209. The van der Waals surface area contributed by atoms with E-state index in [0.717, 1.165) is 0 Å². The summed E-state index contributed by atoms with van der Waals surface area (Å²) in [4.78, 5) is 27.8. The highest BCUT2D eigenvalue weighted by molar-refractivity contribution is 7.09. The van der Waals surface area contributed by atoms with Crippen molar-refractivity contribution in [1.82, 2.24) is 15.2 Å². The lowest BCUT2D eigenvalue weighted by molar-refractivity contribution is -0.121. The molecular weight excluding hydrogens is 242 g/mol. The van der Waals surface area contributed by atoms with Crippen molar-refractivity contribution in [1.29, 1.82) is 0 Å². The Morgan fingerprint density at radius 3 is 2.76 bits per heavy atom. The molecule has 0 saturated carbocycles. The molecule has 0 saturated heterocycles. The van der Waals surface area contributed by atoms with E-state index in [-0.39, 0.29) is 18.1 Å². The second-order valence-electron chi connectivity index (χ2n) is 3.76. The first-order valence-corrected chi connectivity index (χ1v) is 5.96. The maximum atomic E-state index is 11.4. The van der Waals surface area contributed by atoms with Gasteiger partial charge in [0.05, 0.1) is 6.54 Å². The van der Waals surface area contributed by atoms with Gasteiger partial charge in [-0.25, -0.2) is 9.78 Å². The molecule has 0 aliphatic carbocycles. The topological polar surface area (TPSA) is 82.5 Å². The van der Waals surface area contributed by atoms with Gasteiger partial charge in [-0.05, 0) is 14.1 Å². The summed E-state index contributed by atoms with van der Waals surface area (Å²) in [5, 5.41) is 13.4. The third kappa shape index (κ3) is 4.92. The van der Waals surface area contributed by atoms with E-state index in [1.54, 1.807) is 0 Å². The first-order chi connectivity index (χ1) is 7.99. The summed E-state index contributed by atoms with van der Waals surface area (Å²) in [5.74, 6) is -1.11. The van der Waals surface area contributed by atoms with Crippen molar-refractivity contribution in [2.45, 2.75) is 13.0 Å². The maximum Gasteiger partial charge on any atom is 0.355 e. The van der Waals surface area contributed by atoms with Gasteiger partial charge in [-0.2, -0.15) is 0 Å². The lowest BCUT2D eigenvalue weighted by Gasteiger charge is -2.08. The third-order valence-electron chi connectivity index (χ3n) is 1.99. The SMILES string of the molecule is CN(C)CCC(=O)NCc1nc(C(=O)O)cs1. The molecule has 0 unspecified atom stereocenters. The van der Waals surface area contributed by atoms with Crippen molar-refractivity contribution in [3.8, 4) is 0 Å². The number of amides is 1. The van der Waals surface area contributed by atoms with Gasteiger partial charge < -0.3 is 15.3 Å². The van der Waals surface area contributed by atoms with E-state index in [2.05, 4.69) is 10.3 Å². The first-order valence-electron chi connectivity index (χ1n) is 5.08. The molecule has 17 heavy (non-hydrogen) atoms. The number of hydrogen-bond donors (Lipinski definition) is 2. The van der Waals surface area contributed by atoms with Crippen LogP contribution in [0.2, 0.25) is 0 Å². The van der Waals surface area contributed by atoms with Gasteiger partial charge >= 0.3 is 5.97 Å². The smallest absolute Gasteiger partial charge is 0.355 e. The number of hydrogen-bond acceptors (Lipinski definition) is 5. The number of carbonyl (C=O) groups is 2. The van der Waals surface area contributed by atoms with Gasteiger partial charge in [-0.1, -0.05) is 0 Å². The fourth-order valence-corrected chi connectivity index (χ4v) is 1.79. The Morgan fingerprint density at radius 1 is 1.53 bits per heavy atom. The first kappa shape index (κ1) is 13.6. The third-order valence-corrected chi connectivity index (χ3v) is 2.84. The Kier molecular flexibility index (Phi) is 5.05. The number of rotatable bonds is 6. The largest absolute Gasteiger partial charge is 0.476 e. The molecule has 1 aromatic rings. The molecule has 1 aromatic heterocycles. The van der Waals surface area contributed by atoms with Gasteiger partial charge in [0.2, 0.25) is 5.91 Å². The highest BCUT2D eigenvalue weighted by Crippen LogP contribution is 2.09. The van der Waals surface area contributed by atoms with Gasteiger partial charge in [-0.3, -0.25) is 4.79 Å². The van der Waals surface area contributed by atoms with E-state index in [9.17, 15) is 9.59 Å². The predicted octanol–water partition coefficient (Wildman–Crippen LogP) is 0.409. The normalized spacial score (nSPS) is 10.5. The Labute approximate surface area is 103 Å². The van der Waals surface area contributed by atoms with Gasteiger partial charge in [0.25, 0.3) is 0 Å². The Bertz CT molecular complexity index is 403. The van der Waals surface area contributed by atoms with Gasteiger partial charge in [-0.15, -0.1) is 11.3 Å². The summed E-state index contributed by atoms with van der Waals surface area (Å²) < 4.78 is 0. The van der Waals surface area contributed by atoms with E-state index in [1.807, 2.05) is 19.0 Å². The van der Waals surface area contributed by atoms with Crippen LogP contribution in [0.4, 0.5) is 0 Å². The van der Waals surface area contributed by atoms with Crippen LogP contribution >= 0.6 is 11.3 Å². The van der Waals surface area contributed by atoms with E-state index in [4.69, 9.17) is 5.11 Å². The molecule has 2 N–H and O–H groups in total. The second-order valence-corrected chi connectivity index (χ2v) is 4.70. The molecule has 0 aromatic carbocycles. The van der Waals surface area contributed by atoms with Crippen LogP contribution < -0.4 is 5.32 Å². The minimum atomic E-state index is -1.05. The molecule has 94 valence electrons. The lowest BCUT2D eigenvalue weighted by atomic mass is 10.4. The summed E-state index contributed by atoms with van der Waals surface area (Å²) >= 11 is 1.23. The fourth-order valence-electron chi connectivity index (χ4n) is 1.08. The number of thiazole rings is 1. The Hall–Kier alpha value is -1.47. The van der Waals surface area contributed by atoms with Crippen LogP contribution in [0, 0.1) is 0 Å². The van der Waals surface area contributed by atoms with Crippen molar-refractivity contribution < 1.29 is 14.7 Å². The molecule has 0 aliphatic heterocycles. The van der Waals surface area contributed by atoms with E-state index in [0.29, 0.717) is 18.0 Å². The molecule has 1 heterocycles. The van der Waals surface area contributed by atoms with E-state index >= 15 is 0 Å². The average Bonchev–Trinajstić information content (AvgIpc) is 2.72. The van der Waals surface area contributed by atoms with Crippen LogP contribution in [0.1, 0.15) is 21.9 Å². The van der Waals surface area contributed by atoms with Crippen LogP contribution in [0.3, 0.4) is 0 Å². The summed E-state index contributed by atoms with van der Waals surface area (Å²) in [7, 11) is 3.79. The van der Waals surface area contributed by atoms with Gasteiger partial charge in [0, 0.05) is 18.3 Å². The highest BCUT2D eigenvalue weighted by Gasteiger charge is 2.09.